The Bertz CT molecular complexity index is 673. The number of methoxy groups -OCH3 is 1. The Morgan fingerprint density at radius 1 is 1.09 bits per heavy atom. The third-order valence-electron chi connectivity index (χ3n) is 3.06. The molecule has 0 atom stereocenters. The fourth-order valence-corrected chi connectivity index (χ4v) is 2.17. The zero-order valence-corrected chi connectivity index (χ0v) is 13.0. The van der Waals surface area contributed by atoms with E-state index in [4.69, 9.17) is 4.74 Å². The van der Waals surface area contributed by atoms with Crippen molar-refractivity contribution in [1.29, 1.82) is 0 Å². The first kappa shape index (κ1) is 15.6. The number of anilines is 1. The number of amides is 2. The van der Waals surface area contributed by atoms with Gasteiger partial charge in [-0.15, -0.1) is 0 Å². The number of hydrogen-bond donors (Lipinski definition) is 2. The van der Waals surface area contributed by atoms with Crippen molar-refractivity contribution in [1.82, 2.24) is 5.32 Å². The molecule has 2 N–H and O–H groups in total. The van der Waals surface area contributed by atoms with E-state index in [0.29, 0.717) is 0 Å². The first-order chi connectivity index (χ1) is 10.6. The molecule has 0 saturated carbocycles. The van der Waals surface area contributed by atoms with Gasteiger partial charge in [0.15, 0.2) is 0 Å². The number of ether oxygens (including phenoxy) is 1. The maximum absolute atomic E-state index is 11.9. The Morgan fingerprint density at radius 3 is 2.50 bits per heavy atom. The van der Waals surface area contributed by atoms with Gasteiger partial charge in [-0.1, -0.05) is 18.2 Å². The van der Waals surface area contributed by atoms with E-state index in [9.17, 15) is 4.79 Å². The van der Waals surface area contributed by atoms with Crippen LogP contribution in [0.1, 0.15) is 16.7 Å². The summed E-state index contributed by atoms with van der Waals surface area (Å²) in [4.78, 5) is 11.9. The molecule has 0 aliphatic heterocycles. The average molecular weight is 296 g/mol. The van der Waals surface area contributed by atoms with Gasteiger partial charge in [0, 0.05) is 11.9 Å². The highest BCUT2D eigenvalue weighted by Gasteiger charge is 2.00. The second kappa shape index (κ2) is 7.31. The maximum Gasteiger partial charge on any atom is 0.323 e. The Kier molecular flexibility index (Phi) is 5.20. The van der Waals surface area contributed by atoms with Crippen LogP contribution in [0.3, 0.4) is 0 Å². The Balaban J connectivity index is 1.93. The summed E-state index contributed by atoms with van der Waals surface area (Å²) in [5, 5.41) is 5.49. The summed E-state index contributed by atoms with van der Waals surface area (Å²) in [6.45, 7) is 4.00. The van der Waals surface area contributed by atoms with Gasteiger partial charge in [0.25, 0.3) is 0 Å². The third-order valence-corrected chi connectivity index (χ3v) is 3.06. The zero-order chi connectivity index (χ0) is 15.9. The average Bonchev–Trinajstić information content (AvgIpc) is 2.46. The Labute approximate surface area is 130 Å². The van der Waals surface area contributed by atoms with Crippen LogP contribution in [0.25, 0.3) is 6.08 Å². The van der Waals surface area contributed by atoms with Crippen LogP contribution in [-0.2, 0) is 0 Å². The van der Waals surface area contributed by atoms with E-state index in [0.717, 1.165) is 28.1 Å². The van der Waals surface area contributed by atoms with E-state index in [-0.39, 0.29) is 6.03 Å². The highest BCUT2D eigenvalue weighted by Crippen LogP contribution is 2.14. The highest BCUT2D eigenvalue weighted by atomic mass is 16.5. The second-order valence-corrected chi connectivity index (χ2v) is 5.08. The summed E-state index contributed by atoms with van der Waals surface area (Å²) in [5.41, 5.74) is 3.96. The summed E-state index contributed by atoms with van der Waals surface area (Å²) in [6, 6.07) is 13.2. The molecule has 2 amide bonds. The second-order valence-electron chi connectivity index (χ2n) is 5.08. The first-order valence-corrected chi connectivity index (χ1v) is 7.03. The number of rotatable bonds is 4. The number of aryl methyl sites for hydroxylation is 2. The SMILES string of the molecule is COc1cccc(/C=C/NC(=O)Nc2cc(C)cc(C)c2)c1. The molecule has 4 heteroatoms. The van der Waals surface area contributed by atoms with Crippen molar-refractivity contribution in [2.45, 2.75) is 13.8 Å². The minimum absolute atomic E-state index is 0.274. The molecule has 0 radical (unpaired) electrons. The number of hydrogen-bond acceptors (Lipinski definition) is 2. The molecule has 114 valence electrons. The summed E-state index contributed by atoms with van der Waals surface area (Å²) in [7, 11) is 1.62. The molecule has 2 rings (SSSR count). The molecule has 0 heterocycles. The van der Waals surface area contributed by atoms with E-state index in [1.165, 1.54) is 0 Å². The summed E-state index contributed by atoms with van der Waals surface area (Å²) in [6.07, 6.45) is 3.41. The van der Waals surface area contributed by atoms with Crippen molar-refractivity contribution in [3.8, 4) is 5.75 Å². The fourth-order valence-electron chi connectivity index (χ4n) is 2.17. The summed E-state index contributed by atoms with van der Waals surface area (Å²) < 4.78 is 5.15. The molecule has 0 aromatic heterocycles. The highest BCUT2D eigenvalue weighted by molar-refractivity contribution is 5.90. The monoisotopic (exact) mass is 296 g/mol. The van der Waals surface area contributed by atoms with Crippen molar-refractivity contribution in [3.63, 3.8) is 0 Å². The molecular weight excluding hydrogens is 276 g/mol. The predicted molar refractivity (Wildman–Crippen MR) is 90.1 cm³/mol. The number of carbonyl (C=O) groups is 1. The largest absolute Gasteiger partial charge is 0.497 e. The molecule has 0 aliphatic rings. The molecule has 0 unspecified atom stereocenters. The van der Waals surface area contributed by atoms with Crippen molar-refractivity contribution in [3.05, 3.63) is 65.4 Å². The third kappa shape index (κ3) is 4.66. The number of benzene rings is 2. The predicted octanol–water partition coefficient (Wildman–Crippen LogP) is 4.10. The van der Waals surface area contributed by atoms with Gasteiger partial charge in [0.2, 0.25) is 0 Å². The summed E-state index contributed by atoms with van der Waals surface area (Å²) in [5.74, 6) is 0.779. The molecule has 0 spiro atoms. The van der Waals surface area contributed by atoms with Crippen LogP contribution in [0, 0.1) is 13.8 Å². The van der Waals surface area contributed by atoms with Gasteiger partial charge in [-0.25, -0.2) is 4.79 Å². The van der Waals surface area contributed by atoms with Crippen LogP contribution >= 0.6 is 0 Å². The molecular formula is C18H20N2O2. The lowest BCUT2D eigenvalue weighted by Crippen LogP contribution is -2.23. The van der Waals surface area contributed by atoms with Crippen LogP contribution < -0.4 is 15.4 Å². The normalized spacial score (nSPS) is 10.5. The Morgan fingerprint density at radius 2 is 1.82 bits per heavy atom. The number of urea groups is 1. The number of carbonyl (C=O) groups excluding carboxylic acids is 1. The number of nitrogens with one attached hydrogen (secondary N) is 2. The lowest BCUT2D eigenvalue weighted by molar-refractivity contribution is 0.255. The van der Waals surface area contributed by atoms with Crippen LogP contribution in [0.5, 0.6) is 5.75 Å². The van der Waals surface area contributed by atoms with Crippen molar-refractivity contribution in [2.24, 2.45) is 0 Å². The Hall–Kier alpha value is -2.75. The van der Waals surface area contributed by atoms with Gasteiger partial charge in [0.1, 0.15) is 5.75 Å². The molecule has 4 nitrogen and oxygen atoms in total. The van der Waals surface area contributed by atoms with Crippen LogP contribution in [0.4, 0.5) is 10.5 Å². The summed E-state index contributed by atoms with van der Waals surface area (Å²) >= 11 is 0. The van der Waals surface area contributed by atoms with Gasteiger partial charge in [0.05, 0.1) is 7.11 Å². The first-order valence-electron chi connectivity index (χ1n) is 7.03. The zero-order valence-electron chi connectivity index (χ0n) is 13.0. The lowest BCUT2D eigenvalue weighted by Gasteiger charge is -2.07. The smallest absolute Gasteiger partial charge is 0.323 e. The van der Waals surface area contributed by atoms with Gasteiger partial charge in [-0.05, 0) is 60.9 Å². The molecule has 0 aliphatic carbocycles. The van der Waals surface area contributed by atoms with Crippen molar-refractivity contribution >= 4 is 17.8 Å². The van der Waals surface area contributed by atoms with Gasteiger partial charge in [-0.2, -0.15) is 0 Å². The van der Waals surface area contributed by atoms with Gasteiger partial charge < -0.3 is 15.4 Å². The van der Waals surface area contributed by atoms with Gasteiger partial charge >= 0.3 is 6.03 Å². The molecule has 0 bridgehead atoms. The molecule has 0 saturated heterocycles. The minimum atomic E-state index is -0.274. The topological polar surface area (TPSA) is 50.4 Å². The van der Waals surface area contributed by atoms with E-state index in [1.54, 1.807) is 13.3 Å². The lowest BCUT2D eigenvalue weighted by atomic mass is 10.1. The quantitative estimate of drug-likeness (QED) is 0.892. The minimum Gasteiger partial charge on any atom is -0.497 e. The van der Waals surface area contributed by atoms with Crippen molar-refractivity contribution < 1.29 is 9.53 Å². The molecule has 2 aromatic carbocycles. The molecule has 22 heavy (non-hydrogen) atoms. The van der Waals surface area contributed by atoms with Crippen molar-refractivity contribution in [2.75, 3.05) is 12.4 Å². The molecule has 0 fully saturated rings. The van der Waals surface area contributed by atoms with E-state index >= 15 is 0 Å². The van der Waals surface area contributed by atoms with Crippen LogP contribution in [0.2, 0.25) is 0 Å². The standard InChI is InChI=1S/C18H20N2O2/c1-13-9-14(2)11-16(10-13)20-18(21)19-8-7-15-5-4-6-17(12-15)22-3/h4-12H,1-3H3,(H2,19,20,21)/b8-7+. The van der Waals surface area contributed by atoms with E-state index in [2.05, 4.69) is 16.7 Å². The fraction of sp³-hybridized carbons (Fsp3) is 0.167. The van der Waals surface area contributed by atoms with Gasteiger partial charge in [-0.3, -0.25) is 0 Å². The molecule has 2 aromatic rings. The van der Waals surface area contributed by atoms with Crippen LogP contribution in [0.15, 0.2) is 48.7 Å². The van der Waals surface area contributed by atoms with E-state index in [1.807, 2.05) is 56.3 Å². The van der Waals surface area contributed by atoms with Crippen LogP contribution in [-0.4, -0.2) is 13.1 Å². The van der Waals surface area contributed by atoms with E-state index < -0.39 is 0 Å². The maximum atomic E-state index is 11.9.